The van der Waals surface area contributed by atoms with Gasteiger partial charge in [0.1, 0.15) is 0 Å². The Labute approximate surface area is 280 Å². The average molecular weight is 619 g/mol. The van der Waals surface area contributed by atoms with Crippen LogP contribution in [-0.4, -0.2) is 19.5 Å². The molecule has 1 aliphatic carbocycles. The minimum absolute atomic E-state index is 0.0157. The van der Waals surface area contributed by atoms with Crippen LogP contribution < -0.4 is 0 Å². The zero-order chi connectivity index (χ0) is 32.6. The molecule has 0 fully saturated rings. The molecular formula is C44H34N4. The summed E-state index contributed by atoms with van der Waals surface area (Å²) < 4.78 is 2.42. The number of hydrogen-bond donors (Lipinski definition) is 0. The van der Waals surface area contributed by atoms with E-state index >= 15 is 0 Å². The van der Waals surface area contributed by atoms with Crippen molar-refractivity contribution in [2.45, 2.75) is 33.1 Å². The van der Waals surface area contributed by atoms with Gasteiger partial charge in [0.25, 0.3) is 0 Å². The first-order chi connectivity index (χ1) is 23.4. The maximum atomic E-state index is 5.03. The quantitative estimate of drug-likeness (QED) is 0.197. The fraction of sp³-hybridized carbons (Fsp3) is 0.114. The first kappa shape index (κ1) is 28.4. The van der Waals surface area contributed by atoms with Gasteiger partial charge in [-0.15, -0.1) is 0 Å². The number of rotatable bonds is 4. The van der Waals surface area contributed by atoms with Crippen LogP contribution in [0.4, 0.5) is 0 Å². The predicted molar refractivity (Wildman–Crippen MR) is 199 cm³/mol. The van der Waals surface area contributed by atoms with Crippen molar-refractivity contribution >= 4 is 38.2 Å². The number of hydrogen-bond acceptors (Lipinski definition) is 3. The third kappa shape index (κ3) is 4.26. The van der Waals surface area contributed by atoms with E-state index in [1.54, 1.807) is 0 Å². The van der Waals surface area contributed by atoms with Gasteiger partial charge in [-0.2, -0.15) is 0 Å². The molecule has 4 nitrogen and oxygen atoms in total. The monoisotopic (exact) mass is 618 g/mol. The van der Waals surface area contributed by atoms with E-state index in [0.717, 1.165) is 22.4 Å². The van der Waals surface area contributed by atoms with Crippen LogP contribution in [0, 0.1) is 0 Å². The van der Waals surface area contributed by atoms with Gasteiger partial charge in [-0.25, -0.2) is 15.0 Å². The number of benzene rings is 6. The summed E-state index contributed by atoms with van der Waals surface area (Å²) in [5.74, 6) is 1.96. The van der Waals surface area contributed by atoms with Gasteiger partial charge in [-0.1, -0.05) is 123 Å². The molecule has 1 aliphatic rings. The molecule has 4 heteroatoms. The Bertz CT molecular complexity index is 2530. The van der Waals surface area contributed by atoms with Crippen LogP contribution in [0.25, 0.3) is 78.0 Å². The van der Waals surface area contributed by atoms with Gasteiger partial charge in [-0.05, 0) is 71.7 Å². The van der Waals surface area contributed by atoms with Crippen molar-refractivity contribution in [3.8, 4) is 39.9 Å². The van der Waals surface area contributed by atoms with Crippen molar-refractivity contribution in [1.29, 1.82) is 0 Å². The second kappa shape index (κ2) is 10.6. The predicted octanol–water partition coefficient (Wildman–Crippen LogP) is 11.2. The van der Waals surface area contributed by atoms with Crippen molar-refractivity contribution < 1.29 is 0 Å². The van der Waals surface area contributed by atoms with Crippen LogP contribution in [0.3, 0.4) is 0 Å². The van der Waals surface area contributed by atoms with E-state index < -0.39 is 0 Å². The molecule has 0 N–H and O–H groups in total. The minimum atomic E-state index is -0.0157. The molecule has 48 heavy (non-hydrogen) atoms. The summed E-state index contributed by atoms with van der Waals surface area (Å²) in [5.41, 5.74) is 11.8. The molecule has 0 saturated carbocycles. The largest absolute Gasteiger partial charge is 0.309 e. The summed E-state index contributed by atoms with van der Waals surface area (Å²) >= 11 is 0. The average Bonchev–Trinajstić information content (AvgIpc) is 3.55. The molecule has 0 saturated heterocycles. The van der Waals surface area contributed by atoms with Crippen LogP contribution in [0.5, 0.6) is 0 Å². The van der Waals surface area contributed by atoms with Gasteiger partial charge in [0.2, 0.25) is 0 Å². The Morgan fingerprint density at radius 3 is 1.81 bits per heavy atom. The lowest BCUT2D eigenvalue weighted by Crippen LogP contribution is -2.15. The summed E-state index contributed by atoms with van der Waals surface area (Å²) in [7, 11) is 0. The van der Waals surface area contributed by atoms with Crippen molar-refractivity contribution in [1.82, 2.24) is 19.5 Å². The van der Waals surface area contributed by atoms with Crippen LogP contribution in [0.15, 0.2) is 139 Å². The summed E-state index contributed by atoms with van der Waals surface area (Å²) in [6, 6.07) is 47.0. The number of aromatic nitrogens is 4. The van der Waals surface area contributed by atoms with E-state index in [1.807, 2.05) is 60.7 Å². The Balaban J connectivity index is 1.31. The lowest BCUT2D eigenvalue weighted by atomic mass is 9.81. The smallest absolute Gasteiger partial charge is 0.164 e. The van der Waals surface area contributed by atoms with Gasteiger partial charge in [0, 0.05) is 38.6 Å². The molecule has 0 amide bonds. The normalized spacial score (nSPS) is 13.9. The molecule has 230 valence electrons. The number of nitrogens with zero attached hydrogens (tertiary/aromatic N) is 4. The lowest BCUT2D eigenvalue weighted by molar-refractivity contribution is 0.639. The van der Waals surface area contributed by atoms with Gasteiger partial charge >= 0.3 is 0 Å². The van der Waals surface area contributed by atoms with E-state index in [4.69, 9.17) is 15.0 Å². The van der Waals surface area contributed by atoms with Crippen molar-refractivity contribution in [3.63, 3.8) is 0 Å². The second-order valence-corrected chi connectivity index (χ2v) is 13.4. The van der Waals surface area contributed by atoms with Gasteiger partial charge < -0.3 is 4.57 Å². The SMILES string of the molecule is CC1=C(C)C(C)(C)c2cc3c4c5ccccc5ccc4n(-c4cccc(-c5nc(-c6ccccc6)nc(-c6ccccc6)n5)c4)c3cc21. The Hall–Kier alpha value is -5.87. The highest BCUT2D eigenvalue weighted by atomic mass is 15.0. The summed E-state index contributed by atoms with van der Waals surface area (Å²) in [6.45, 7) is 9.26. The Morgan fingerprint density at radius 2 is 1.12 bits per heavy atom. The number of fused-ring (bicyclic) bond motifs is 6. The maximum Gasteiger partial charge on any atom is 0.164 e. The molecule has 2 aromatic heterocycles. The Morgan fingerprint density at radius 1 is 0.521 bits per heavy atom. The van der Waals surface area contributed by atoms with E-state index in [9.17, 15) is 0 Å². The Kier molecular flexibility index (Phi) is 6.25. The summed E-state index contributed by atoms with van der Waals surface area (Å²) in [6.07, 6.45) is 0. The molecule has 0 bridgehead atoms. The molecule has 2 heterocycles. The van der Waals surface area contributed by atoms with Crippen LogP contribution in [-0.2, 0) is 5.41 Å². The molecule has 8 aromatic rings. The zero-order valence-electron chi connectivity index (χ0n) is 27.5. The second-order valence-electron chi connectivity index (χ2n) is 13.4. The van der Waals surface area contributed by atoms with Crippen molar-refractivity contribution in [2.75, 3.05) is 0 Å². The zero-order valence-corrected chi connectivity index (χ0v) is 27.5. The standard InChI is InChI=1S/C44H34N4/c1-27-28(2)44(3,4)37-25-36-39(26-35(27)37)48(38-23-22-29-14-11-12-21-34(29)40(36)38)33-20-13-19-32(24-33)43-46-41(30-15-7-5-8-16-30)45-42(47-43)31-17-9-6-10-18-31/h5-26H,1-4H3. The molecule has 0 aliphatic heterocycles. The first-order valence-electron chi connectivity index (χ1n) is 16.5. The first-order valence-corrected chi connectivity index (χ1v) is 16.5. The van der Waals surface area contributed by atoms with Gasteiger partial charge in [-0.3, -0.25) is 0 Å². The minimum Gasteiger partial charge on any atom is -0.309 e. The highest BCUT2D eigenvalue weighted by Crippen LogP contribution is 2.49. The third-order valence-corrected chi connectivity index (χ3v) is 10.4. The highest BCUT2D eigenvalue weighted by molar-refractivity contribution is 6.22. The van der Waals surface area contributed by atoms with E-state index in [-0.39, 0.29) is 5.41 Å². The van der Waals surface area contributed by atoms with E-state index in [2.05, 4.69) is 105 Å². The molecule has 6 aromatic carbocycles. The molecular weight excluding hydrogens is 585 g/mol. The molecule has 0 unspecified atom stereocenters. The van der Waals surface area contributed by atoms with Gasteiger partial charge in [0.15, 0.2) is 17.5 Å². The molecule has 0 radical (unpaired) electrons. The van der Waals surface area contributed by atoms with E-state index in [1.165, 1.54) is 54.9 Å². The summed E-state index contributed by atoms with van der Waals surface area (Å²) in [5, 5.41) is 5.08. The topological polar surface area (TPSA) is 43.6 Å². The number of allylic oxidation sites excluding steroid dienone is 2. The molecule has 9 rings (SSSR count). The van der Waals surface area contributed by atoms with Crippen LogP contribution in [0.1, 0.15) is 38.8 Å². The fourth-order valence-corrected chi connectivity index (χ4v) is 7.53. The summed E-state index contributed by atoms with van der Waals surface area (Å²) in [4.78, 5) is 15.0. The third-order valence-electron chi connectivity index (χ3n) is 10.4. The highest BCUT2D eigenvalue weighted by Gasteiger charge is 2.34. The van der Waals surface area contributed by atoms with Crippen molar-refractivity contribution in [2.24, 2.45) is 0 Å². The van der Waals surface area contributed by atoms with E-state index in [0.29, 0.717) is 17.5 Å². The fourth-order valence-electron chi connectivity index (χ4n) is 7.53. The maximum absolute atomic E-state index is 5.03. The molecule has 0 spiro atoms. The van der Waals surface area contributed by atoms with Crippen molar-refractivity contribution in [3.05, 3.63) is 150 Å². The van der Waals surface area contributed by atoms with Crippen LogP contribution in [0.2, 0.25) is 0 Å². The molecule has 0 atom stereocenters. The van der Waals surface area contributed by atoms with Gasteiger partial charge in [0.05, 0.1) is 11.0 Å². The van der Waals surface area contributed by atoms with Crippen LogP contribution >= 0.6 is 0 Å². The lowest BCUT2D eigenvalue weighted by Gasteiger charge is -2.22.